The van der Waals surface area contributed by atoms with Crippen molar-refractivity contribution in [3.8, 4) is 0 Å². The van der Waals surface area contributed by atoms with Crippen LogP contribution in [-0.4, -0.2) is 28.2 Å². The van der Waals surface area contributed by atoms with Crippen LogP contribution in [0.4, 0.5) is 5.95 Å². The lowest BCUT2D eigenvalue weighted by Crippen LogP contribution is -2.15. The number of hydrogen-bond donors (Lipinski definition) is 1. The van der Waals surface area contributed by atoms with Crippen LogP contribution in [0.15, 0.2) is 72.0 Å². The van der Waals surface area contributed by atoms with Gasteiger partial charge in [-0.2, -0.15) is 4.98 Å². The fourth-order valence-electron chi connectivity index (χ4n) is 2.88. The zero-order valence-electron chi connectivity index (χ0n) is 14.6. The quantitative estimate of drug-likeness (QED) is 0.576. The lowest BCUT2D eigenvalue weighted by Gasteiger charge is -2.07. The monoisotopic (exact) mass is 379 g/mol. The number of aromatic nitrogens is 4. The highest BCUT2D eigenvalue weighted by molar-refractivity contribution is 7.93. The van der Waals surface area contributed by atoms with E-state index in [1.54, 1.807) is 23.0 Å². The van der Waals surface area contributed by atoms with Crippen molar-refractivity contribution in [2.75, 3.05) is 4.72 Å². The van der Waals surface area contributed by atoms with Crippen molar-refractivity contribution in [1.29, 1.82) is 0 Å². The van der Waals surface area contributed by atoms with E-state index >= 15 is 0 Å². The highest BCUT2D eigenvalue weighted by Crippen LogP contribution is 2.22. The second-order valence-corrected chi connectivity index (χ2v) is 7.84. The molecule has 0 fully saturated rings. The Hall–Kier alpha value is -3.26. The van der Waals surface area contributed by atoms with Gasteiger partial charge in [0.05, 0.1) is 12.1 Å². The highest BCUT2D eigenvalue weighted by atomic mass is 32.2. The first-order valence-electron chi connectivity index (χ1n) is 8.33. The molecule has 2 aromatic heterocycles. The van der Waals surface area contributed by atoms with Crippen molar-refractivity contribution in [2.45, 2.75) is 18.4 Å². The van der Waals surface area contributed by atoms with Gasteiger partial charge in [0.15, 0.2) is 0 Å². The molecule has 0 aliphatic rings. The predicted molar refractivity (Wildman–Crippen MR) is 103 cm³/mol. The van der Waals surface area contributed by atoms with E-state index in [-0.39, 0.29) is 10.8 Å². The first kappa shape index (κ1) is 17.2. The van der Waals surface area contributed by atoms with Gasteiger partial charge < -0.3 is 0 Å². The third kappa shape index (κ3) is 3.65. The number of para-hydroxylation sites is 1. The number of aryl methyl sites for hydroxylation is 1. The normalized spacial score (nSPS) is 11.6. The van der Waals surface area contributed by atoms with Gasteiger partial charge in [-0.15, -0.1) is 5.10 Å². The van der Waals surface area contributed by atoms with E-state index < -0.39 is 10.0 Å². The molecule has 0 atom stereocenters. The van der Waals surface area contributed by atoms with Crippen LogP contribution < -0.4 is 4.72 Å². The molecule has 0 amide bonds. The van der Waals surface area contributed by atoms with Crippen molar-refractivity contribution in [1.82, 2.24) is 19.7 Å². The Morgan fingerprint density at radius 3 is 2.70 bits per heavy atom. The molecule has 7 nitrogen and oxygen atoms in total. The predicted octanol–water partition coefficient (Wildman–Crippen LogP) is 2.98. The van der Waals surface area contributed by atoms with Crippen LogP contribution in [0, 0.1) is 6.92 Å². The van der Waals surface area contributed by atoms with E-state index in [9.17, 15) is 8.42 Å². The van der Waals surface area contributed by atoms with Crippen LogP contribution in [-0.2, 0) is 16.6 Å². The topological polar surface area (TPSA) is 89.8 Å². The summed E-state index contributed by atoms with van der Waals surface area (Å²) < 4.78 is 29.6. The molecule has 0 unspecified atom stereocenters. The van der Waals surface area contributed by atoms with Crippen LogP contribution in [0.1, 0.15) is 11.1 Å². The van der Waals surface area contributed by atoms with E-state index in [4.69, 9.17) is 0 Å². The van der Waals surface area contributed by atoms with Gasteiger partial charge in [-0.3, -0.25) is 4.98 Å². The van der Waals surface area contributed by atoms with Crippen molar-refractivity contribution >= 4 is 26.9 Å². The number of sulfonamides is 1. The van der Waals surface area contributed by atoms with Crippen LogP contribution in [0.25, 0.3) is 10.9 Å². The zero-order chi connectivity index (χ0) is 18.9. The van der Waals surface area contributed by atoms with Gasteiger partial charge >= 0.3 is 0 Å². The van der Waals surface area contributed by atoms with Gasteiger partial charge in [0.2, 0.25) is 0 Å². The fourth-order valence-corrected chi connectivity index (χ4v) is 4.01. The third-order valence-electron chi connectivity index (χ3n) is 4.07. The molecule has 0 radical (unpaired) electrons. The molecule has 4 aromatic rings. The number of anilines is 1. The Balaban J connectivity index is 1.59. The number of benzene rings is 2. The molecule has 0 aliphatic heterocycles. The second kappa shape index (κ2) is 6.81. The molecule has 1 N–H and O–H groups in total. The molecule has 2 aromatic carbocycles. The van der Waals surface area contributed by atoms with Gasteiger partial charge in [0, 0.05) is 11.6 Å². The number of rotatable bonds is 5. The number of nitrogens with zero attached hydrogens (tertiary/aromatic N) is 4. The lowest BCUT2D eigenvalue weighted by molar-refractivity contribution is 0.601. The average molecular weight is 379 g/mol. The van der Waals surface area contributed by atoms with Crippen molar-refractivity contribution < 1.29 is 8.42 Å². The maximum atomic E-state index is 12.8. The van der Waals surface area contributed by atoms with Crippen molar-refractivity contribution in [2.24, 2.45) is 0 Å². The average Bonchev–Trinajstić information content (AvgIpc) is 3.07. The summed E-state index contributed by atoms with van der Waals surface area (Å²) in [4.78, 5) is 8.35. The second-order valence-electron chi connectivity index (χ2n) is 6.19. The van der Waals surface area contributed by atoms with Crippen LogP contribution in [0.5, 0.6) is 0 Å². The summed E-state index contributed by atoms with van der Waals surface area (Å²) in [6.45, 7) is 2.52. The van der Waals surface area contributed by atoms with E-state index in [1.807, 2.05) is 43.3 Å². The Labute approximate surface area is 156 Å². The largest absolute Gasteiger partial charge is 0.266 e. The minimum absolute atomic E-state index is 0.0237. The summed E-state index contributed by atoms with van der Waals surface area (Å²) >= 11 is 0. The van der Waals surface area contributed by atoms with Gasteiger partial charge in [-0.1, -0.05) is 48.0 Å². The van der Waals surface area contributed by atoms with Gasteiger partial charge in [0.1, 0.15) is 11.2 Å². The summed E-state index contributed by atoms with van der Waals surface area (Å²) in [5.74, 6) is 0.0237. The van der Waals surface area contributed by atoms with Crippen LogP contribution in [0.3, 0.4) is 0 Å². The molecule has 136 valence electrons. The molecular weight excluding hydrogens is 362 g/mol. The molecule has 0 aliphatic carbocycles. The standard InChI is InChI=1S/C19H17N5O2S/c1-14-5-2-6-15(11-14)12-24-13-21-19(22-24)23-27(25,26)17-9-3-7-16-8-4-10-20-18(16)17/h2-11,13H,12H2,1H3,(H,22,23). The Morgan fingerprint density at radius 1 is 1.04 bits per heavy atom. The smallest absolute Gasteiger partial charge is 0.255 e. The molecule has 2 heterocycles. The SMILES string of the molecule is Cc1cccc(Cn2cnc(NS(=O)(=O)c3cccc4cccnc34)n2)c1. The lowest BCUT2D eigenvalue weighted by atomic mass is 10.1. The summed E-state index contributed by atoms with van der Waals surface area (Å²) in [6.07, 6.45) is 3.07. The van der Waals surface area contributed by atoms with Gasteiger partial charge in [0.25, 0.3) is 16.0 Å². The summed E-state index contributed by atoms with van der Waals surface area (Å²) in [6, 6.07) is 16.6. The molecule has 8 heteroatoms. The maximum absolute atomic E-state index is 12.8. The van der Waals surface area contributed by atoms with Crippen LogP contribution >= 0.6 is 0 Å². The minimum Gasteiger partial charge on any atom is -0.255 e. The van der Waals surface area contributed by atoms with Crippen LogP contribution in [0.2, 0.25) is 0 Å². The van der Waals surface area contributed by atoms with E-state index in [0.717, 1.165) is 16.5 Å². The molecule has 27 heavy (non-hydrogen) atoms. The first-order valence-corrected chi connectivity index (χ1v) is 9.81. The Bertz CT molecular complexity index is 1210. The first-order chi connectivity index (χ1) is 13.0. The number of pyridine rings is 1. The number of nitrogens with one attached hydrogen (secondary N) is 1. The van der Waals surface area contributed by atoms with E-state index in [2.05, 4.69) is 19.8 Å². The van der Waals surface area contributed by atoms with Gasteiger partial charge in [-0.25, -0.2) is 17.8 Å². The maximum Gasteiger partial charge on any atom is 0.266 e. The highest BCUT2D eigenvalue weighted by Gasteiger charge is 2.20. The molecular formula is C19H17N5O2S. The summed E-state index contributed by atoms with van der Waals surface area (Å²) in [5.41, 5.74) is 2.62. The summed E-state index contributed by atoms with van der Waals surface area (Å²) in [7, 11) is -3.86. The molecule has 4 rings (SSSR count). The zero-order valence-corrected chi connectivity index (χ0v) is 15.4. The van der Waals surface area contributed by atoms with E-state index in [1.165, 1.54) is 12.4 Å². The van der Waals surface area contributed by atoms with Crippen molar-refractivity contribution in [3.05, 3.63) is 78.2 Å². The number of hydrogen-bond acceptors (Lipinski definition) is 5. The molecule has 0 saturated heterocycles. The third-order valence-corrected chi connectivity index (χ3v) is 5.43. The molecule has 0 bridgehead atoms. The van der Waals surface area contributed by atoms with Crippen molar-refractivity contribution in [3.63, 3.8) is 0 Å². The Morgan fingerprint density at radius 2 is 1.85 bits per heavy atom. The van der Waals surface area contributed by atoms with E-state index in [0.29, 0.717) is 12.1 Å². The molecule has 0 saturated carbocycles. The number of fused-ring (bicyclic) bond motifs is 1. The minimum atomic E-state index is -3.86. The Kier molecular flexibility index (Phi) is 4.33. The fraction of sp³-hybridized carbons (Fsp3) is 0.105. The summed E-state index contributed by atoms with van der Waals surface area (Å²) in [5, 5.41) is 4.97. The molecule has 0 spiro atoms. The van der Waals surface area contributed by atoms with Gasteiger partial charge in [-0.05, 0) is 24.6 Å².